The molecule has 138 valence electrons. The normalized spacial score (nSPS) is 15.7. The Bertz CT molecular complexity index is 1150. The van der Waals surface area contributed by atoms with Crippen molar-refractivity contribution in [1.29, 1.82) is 0 Å². The van der Waals surface area contributed by atoms with Gasteiger partial charge in [-0.2, -0.15) is 0 Å². The van der Waals surface area contributed by atoms with E-state index in [1.54, 1.807) is 12.7 Å². The molecule has 0 radical (unpaired) electrons. The highest BCUT2D eigenvalue weighted by Crippen LogP contribution is 2.47. The number of allylic oxidation sites excluding steroid dienone is 5. The topological polar surface area (TPSA) is 9.23 Å². The Hall–Kier alpha value is -3.06. The molecule has 0 fully saturated rings. The minimum Gasteiger partial charge on any atom is -0.496 e. The number of rotatable bonds is 3. The zero-order valence-corrected chi connectivity index (χ0v) is 16.3. The minimum absolute atomic E-state index is 1.00. The van der Waals surface area contributed by atoms with E-state index in [1.807, 2.05) is 6.08 Å². The molecule has 3 aromatic carbocycles. The van der Waals surface area contributed by atoms with E-state index in [0.717, 1.165) is 31.4 Å². The van der Waals surface area contributed by atoms with Gasteiger partial charge in [0.25, 0.3) is 0 Å². The molecule has 0 unspecified atom stereocenters. The molecule has 1 nitrogen and oxygen atoms in total. The van der Waals surface area contributed by atoms with Crippen molar-refractivity contribution in [2.24, 2.45) is 0 Å². The summed E-state index contributed by atoms with van der Waals surface area (Å²) in [5, 5.41) is 2.58. The summed E-state index contributed by atoms with van der Waals surface area (Å²) in [5.41, 5.74) is 9.60. The molecule has 0 aliphatic heterocycles. The Labute approximate surface area is 166 Å². The monoisotopic (exact) mass is 364 g/mol. The number of ether oxygens (including phenoxy) is 1. The molecule has 0 N–H and O–H groups in total. The molecular weight excluding hydrogens is 340 g/mol. The van der Waals surface area contributed by atoms with Crippen molar-refractivity contribution in [3.63, 3.8) is 0 Å². The van der Waals surface area contributed by atoms with E-state index in [9.17, 15) is 0 Å². The van der Waals surface area contributed by atoms with Gasteiger partial charge >= 0.3 is 0 Å². The molecule has 2 aliphatic carbocycles. The van der Waals surface area contributed by atoms with Gasteiger partial charge in [0.2, 0.25) is 0 Å². The van der Waals surface area contributed by atoms with E-state index in [4.69, 9.17) is 4.74 Å². The van der Waals surface area contributed by atoms with E-state index in [-0.39, 0.29) is 0 Å². The summed E-state index contributed by atoms with van der Waals surface area (Å²) in [7, 11) is 1.78. The summed E-state index contributed by atoms with van der Waals surface area (Å²) in [6.07, 6.45) is 8.78. The minimum atomic E-state index is 1.00. The molecule has 0 bridgehead atoms. The van der Waals surface area contributed by atoms with Crippen LogP contribution >= 0.6 is 0 Å². The standard InChI is InChI=1S/C27H24O/c1-3-18-11-12-20-13-14-24-26(28-2)16-15-23(27(24)25(20)17-18)22-10-6-8-19-7-4-5-9-21(19)22/h3-10,15-17H,1,11-14H2,2H3. The van der Waals surface area contributed by atoms with Gasteiger partial charge < -0.3 is 4.74 Å². The molecule has 0 atom stereocenters. The lowest BCUT2D eigenvalue weighted by atomic mass is 9.76. The van der Waals surface area contributed by atoms with Crippen LogP contribution in [0.5, 0.6) is 5.75 Å². The van der Waals surface area contributed by atoms with Crippen molar-refractivity contribution in [2.75, 3.05) is 7.11 Å². The zero-order chi connectivity index (χ0) is 19.1. The molecular formula is C27H24O. The Morgan fingerprint density at radius 2 is 1.68 bits per heavy atom. The van der Waals surface area contributed by atoms with E-state index >= 15 is 0 Å². The van der Waals surface area contributed by atoms with Crippen molar-refractivity contribution >= 4 is 16.3 Å². The third-order valence-electron chi connectivity index (χ3n) is 6.20. The second kappa shape index (κ2) is 6.83. The summed E-state index contributed by atoms with van der Waals surface area (Å²) >= 11 is 0. The Morgan fingerprint density at radius 3 is 2.54 bits per heavy atom. The maximum absolute atomic E-state index is 5.76. The first kappa shape index (κ1) is 17.1. The third-order valence-corrected chi connectivity index (χ3v) is 6.20. The van der Waals surface area contributed by atoms with Crippen LogP contribution in [0.4, 0.5) is 0 Å². The van der Waals surface area contributed by atoms with Gasteiger partial charge in [-0.3, -0.25) is 0 Å². The molecule has 5 rings (SSSR count). The first-order valence-corrected chi connectivity index (χ1v) is 10.0. The van der Waals surface area contributed by atoms with Gasteiger partial charge in [0.05, 0.1) is 7.11 Å². The summed E-state index contributed by atoms with van der Waals surface area (Å²) in [5.74, 6) is 1.00. The highest BCUT2D eigenvalue weighted by atomic mass is 16.5. The van der Waals surface area contributed by atoms with E-state index in [1.165, 1.54) is 44.2 Å². The summed E-state index contributed by atoms with van der Waals surface area (Å²) in [6, 6.07) is 19.6. The van der Waals surface area contributed by atoms with Crippen LogP contribution in [0.1, 0.15) is 30.4 Å². The maximum atomic E-state index is 5.76. The van der Waals surface area contributed by atoms with Gasteiger partial charge in [0.1, 0.15) is 5.75 Å². The summed E-state index contributed by atoms with van der Waals surface area (Å²) in [4.78, 5) is 0. The van der Waals surface area contributed by atoms with Crippen LogP contribution in [0.2, 0.25) is 0 Å². The fraction of sp³-hybridized carbons (Fsp3) is 0.185. The molecule has 0 saturated carbocycles. The van der Waals surface area contributed by atoms with Crippen LogP contribution in [-0.4, -0.2) is 7.11 Å². The number of hydrogen-bond donors (Lipinski definition) is 0. The Kier molecular flexibility index (Phi) is 4.16. The van der Waals surface area contributed by atoms with E-state index in [2.05, 4.69) is 67.3 Å². The number of methoxy groups -OCH3 is 1. The fourth-order valence-corrected chi connectivity index (χ4v) is 4.80. The lowest BCUT2D eigenvalue weighted by Gasteiger charge is -2.29. The van der Waals surface area contributed by atoms with Gasteiger partial charge in [-0.05, 0) is 70.4 Å². The van der Waals surface area contributed by atoms with Crippen molar-refractivity contribution in [3.05, 3.63) is 95.6 Å². The third kappa shape index (κ3) is 2.62. The van der Waals surface area contributed by atoms with Crippen molar-refractivity contribution < 1.29 is 4.74 Å². The molecule has 28 heavy (non-hydrogen) atoms. The van der Waals surface area contributed by atoms with E-state index < -0.39 is 0 Å². The number of benzene rings is 3. The molecule has 0 heterocycles. The highest BCUT2D eigenvalue weighted by Gasteiger charge is 2.26. The average Bonchev–Trinajstić information content (AvgIpc) is 2.77. The molecule has 2 aliphatic rings. The largest absolute Gasteiger partial charge is 0.496 e. The second-order valence-electron chi connectivity index (χ2n) is 7.64. The van der Waals surface area contributed by atoms with Gasteiger partial charge in [-0.1, -0.05) is 72.8 Å². The van der Waals surface area contributed by atoms with Crippen molar-refractivity contribution in [1.82, 2.24) is 0 Å². The van der Waals surface area contributed by atoms with Gasteiger partial charge in [0, 0.05) is 5.56 Å². The fourth-order valence-electron chi connectivity index (χ4n) is 4.80. The van der Waals surface area contributed by atoms with Gasteiger partial charge in [0.15, 0.2) is 0 Å². The van der Waals surface area contributed by atoms with Gasteiger partial charge in [-0.25, -0.2) is 0 Å². The molecule has 0 amide bonds. The number of fused-ring (bicyclic) bond motifs is 3. The smallest absolute Gasteiger partial charge is 0.122 e. The van der Waals surface area contributed by atoms with Crippen LogP contribution in [0.25, 0.3) is 27.5 Å². The van der Waals surface area contributed by atoms with Crippen LogP contribution in [0, 0.1) is 0 Å². The summed E-state index contributed by atoms with van der Waals surface area (Å²) < 4.78 is 5.76. The van der Waals surface area contributed by atoms with Crippen LogP contribution in [-0.2, 0) is 6.42 Å². The molecule has 0 saturated heterocycles. The van der Waals surface area contributed by atoms with Crippen LogP contribution in [0.3, 0.4) is 0 Å². The molecule has 0 spiro atoms. The van der Waals surface area contributed by atoms with Crippen molar-refractivity contribution in [3.8, 4) is 16.9 Å². The van der Waals surface area contributed by atoms with Crippen LogP contribution < -0.4 is 4.74 Å². The predicted molar refractivity (Wildman–Crippen MR) is 119 cm³/mol. The lowest BCUT2D eigenvalue weighted by Crippen LogP contribution is -2.11. The highest BCUT2D eigenvalue weighted by molar-refractivity contribution is 6.01. The predicted octanol–water partition coefficient (Wildman–Crippen LogP) is 7.12. The SMILES string of the molecule is C=CC1=CC2=C(CC1)CCc1c(OC)ccc(-c3cccc4ccccc34)c12. The quantitative estimate of drug-likeness (QED) is 0.481. The molecule has 0 aromatic heterocycles. The first-order valence-electron chi connectivity index (χ1n) is 10.0. The van der Waals surface area contributed by atoms with Gasteiger partial charge in [-0.15, -0.1) is 0 Å². The lowest BCUT2D eigenvalue weighted by molar-refractivity contribution is 0.409. The van der Waals surface area contributed by atoms with Crippen molar-refractivity contribution in [2.45, 2.75) is 25.7 Å². The summed E-state index contributed by atoms with van der Waals surface area (Å²) in [6.45, 7) is 4.02. The maximum Gasteiger partial charge on any atom is 0.122 e. The first-order chi connectivity index (χ1) is 13.8. The average molecular weight is 364 g/mol. The molecule has 1 heteroatoms. The second-order valence-corrected chi connectivity index (χ2v) is 7.64. The zero-order valence-electron chi connectivity index (χ0n) is 16.3. The van der Waals surface area contributed by atoms with Crippen LogP contribution in [0.15, 0.2) is 84.5 Å². The number of hydrogen-bond acceptors (Lipinski definition) is 1. The Morgan fingerprint density at radius 1 is 0.857 bits per heavy atom. The van der Waals surface area contributed by atoms with E-state index in [0.29, 0.717) is 0 Å². The Balaban J connectivity index is 1.84. The molecule has 3 aromatic rings.